The molecule has 0 unspecified atom stereocenters. The van der Waals surface area contributed by atoms with Gasteiger partial charge in [0.15, 0.2) is 0 Å². The van der Waals surface area contributed by atoms with E-state index in [2.05, 4.69) is 5.32 Å². The van der Waals surface area contributed by atoms with Crippen molar-refractivity contribution in [3.63, 3.8) is 0 Å². The lowest BCUT2D eigenvalue weighted by atomic mass is 9.64. The highest BCUT2D eigenvalue weighted by Crippen LogP contribution is 2.44. The molecule has 0 radical (unpaired) electrons. The van der Waals surface area contributed by atoms with Crippen LogP contribution in [0.15, 0.2) is 24.3 Å². The van der Waals surface area contributed by atoms with E-state index in [-0.39, 0.29) is 11.8 Å². The van der Waals surface area contributed by atoms with E-state index < -0.39 is 0 Å². The van der Waals surface area contributed by atoms with Crippen molar-refractivity contribution in [3.05, 3.63) is 34.9 Å². The molecule has 2 saturated carbocycles. The third kappa shape index (κ3) is 3.01. The summed E-state index contributed by atoms with van der Waals surface area (Å²) in [5, 5.41) is 3.87. The molecule has 0 aromatic heterocycles. The summed E-state index contributed by atoms with van der Waals surface area (Å²) in [6, 6.07) is 7.70. The van der Waals surface area contributed by atoms with Crippen molar-refractivity contribution in [2.24, 2.45) is 17.8 Å². The molecule has 2 aliphatic rings. The summed E-state index contributed by atoms with van der Waals surface area (Å²) < 4.78 is 0. The number of benzene rings is 1. The van der Waals surface area contributed by atoms with Crippen molar-refractivity contribution in [2.45, 2.75) is 45.1 Å². The number of hydrogen-bond donors (Lipinski definition) is 1. The van der Waals surface area contributed by atoms with Crippen molar-refractivity contribution in [2.75, 3.05) is 0 Å². The first-order valence-corrected chi connectivity index (χ1v) is 8.14. The van der Waals surface area contributed by atoms with Gasteiger partial charge < -0.3 is 5.32 Å². The van der Waals surface area contributed by atoms with E-state index in [1.807, 2.05) is 24.3 Å². The Morgan fingerprint density at radius 1 is 1.10 bits per heavy atom. The number of amides is 1. The number of carbonyl (C=O) groups excluding carboxylic acids is 1. The van der Waals surface area contributed by atoms with Crippen LogP contribution in [0, 0.1) is 17.8 Å². The van der Waals surface area contributed by atoms with Crippen LogP contribution in [0.2, 0.25) is 5.02 Å². The molecular formula is C17H22ClNO. The predicted octanol–water partition coefficient (Wildman–Crippen LogP) is 4.17. The topological polar surface area (TPSA) is 29.1 Å². The lowest BCUT2D eigenvalue weighted by molar-refractivity contribution is -0.131. The fourth-order valence-electron chi connectivity index (χ4n) is 3.32. The monoisotopic (exact) mass is 291 g/mol. The largest absolute Gasteiger partial charge is 0.352 e. The summed E-state index contributed by atoms with van der Waals surface area (Å²) in [6.45, 7) is 0.617. The average molecular weight is 292 g/mol. The molecule has 3 heteroatoms. The fraction of sp³-hybridized carbons (Fsp3) is 0.588. The SMILES string of the molecule is O=C(NCc1ccc(Cl)cc1)C(C1CCC1)C1CCC1. The number of nitrogens with one attached hydrogen (secondary N) is 1. The Morgan fingerprint density at radius 3 is 2.10 bits per heavy atom. The minimum Gasteiger partial charge on any atom is -0.352 e. The molecular weight excluding hydrogens is 270 g/mol. The highest BCUT2D eigenvalue weighted by Gasteiger charge is 2.40. The standard InChI is InChI=1S/C17H22ClNO/c18-15-9-7-12(8-10-15)11-19-17(20)16(13-3-1-4-13)14-5-2-6-14/h7-10,13-14,16H,1-6,11H2,(H,19,20). The van der Waals surface area contributed by atoms with Crippen molar-refractivity contribution < 1.29 is 4.79 Å². The molecule has 1 aromatic carbocycles. The Morgan fingerprint density at radius 2 is 1.65 bits per heavy atom. The van der Waals surface area contributed by atoms with E-state index in [9.17, 15) is 4.79 Å². The zero-order valence-electron chi connectivity index (χ0n) is 11.8. The normalized spacial score (nSPS) is 19.5. The Kier molecular flexibility index (Phi) is 4.30. The molecule has 0 heterocycles. The number of rotatable bonds is 5. The van der Waals surface area contributed by atoms with Gasteiger partial charge >= 0.3 is 0 Å². The van der Waals surface area contributed by atoms with Crippen LogP contribution in [0.5, 0.6) is 0 Å². The van der Waals surface area contributed by atoms with Crippen LogP contribution in [0.1, 0.15) is 44.1 Å². The van der Waals surface area contributed by atoms with Gasteiger partial charge in [0, 0.05) is 17.5 Å². The Balaban J connectivity index is 1.57. The van der Waals surface area contributed by atoms with Gasteiger partial charge in [0.1, 0.15) is 0 Å². The Labute approximate surface area is 125 Å². The third-order valence-corrected chi connectivity index (χ3v) is 5.25. The number of carbonyl (C=O) groups is 1. The maximum atomic E-state index is 12.5. The molecule has 0 atom stereocenters. The summed E-state index contributed by atoms with van der Waals surface area (Å²) in [7, 11) is 0. The first kappa shape index (κ1) is 13.9. The van der Waals surface area contributed by atoms with E-state index in [1.54, 1.807) is 0 Å². The molecule has 0 bridgehead atoms. The van der Waals surface area contributed by atoms with Gasteiger partial charge in [0.05, 0.1) is 0 Å². The predicted molar refractivity (Wildman–Crippen MR) is 81.5 cm³/mol. The second kappa shape index (κ2) is 6.17. The van der Waals surface area contributed by atoms with Gasteiger partial charge in [-0.3, -0.25) is 4.79 Å². The summed E-state index contributed by atoms with van der Waals surface area (Å²) in [5.74, 6) is 1.83. The third-order valence-electron chi connectivity index (χ3n) is 5.00. The number of halogens is 1. The van der Waals surface area contributed by atoms with Crippen LogP contribution in [-0.2, 0) is 11.3 Å². The fourth-order valence-corrected chi connectivity index (χ4v) is 3.45. The minimum atomic E-state index is 0.268. The average Bonchev–Trinajstić information content (AvgIpc) is 2.33. The highest BCUT2D eigenvalue weighted by molar-refractivity contribution is 6.30. The molecule has 2 aliphatic carbocycles. The molecule has 1 aromatic rings. The van der Waals surface area contributed by atoms with E-state index in [0.717, 1.165) is 10.6 Å². The van der Waals surface area contributed by atoms with E-state index in [0.29, 0.717) is 18.4 Å². The molecule has 0 saturated heterocycles. The van der Waals surface area contributed by atoms with Crippen LogP contribution < -0.4 is 5.32 Å². The van der Waals surface area contributed by atoms with Crippen molar-refractivity contribution in [1.82, 2.24) is 5.32 Å². The molecule has 0 spiro atoms. The van der Waals surface area contributed by atoms with Gasteiger partial charge in [-0.05, 0) is 55.2 Å². The highest BCUT2D eigenvalue weighted by atomic mass is 35.5. The molecule has 20 heavy (non-hydrogen) atoms. The summed E-state index contributed by atoms with van der Waals surface area (Å²) >= 11 is 5.87. The van der Waals surface area contributed by atoms with Crippen molar-refractivity contribution in [1.29, 1.82) is 0 Å². The van der Waals surface area contributed by atoms with E-state index >= 15 is 0 Å². The Bertz CT molecular complexity index is 448. The van der Waals surface area contributed by atoms with Crippen molar-refractivity contribution in [3.8, 4) is 0 Å². The first-order valence-electron chi connectivity index (χ1n) is 7.76. The van der Waals surface area contributed by atoms with Crippen LogP contribution >= 0.6 is 11.6 Å². The van der Waals surface area contributed by atoms with E-state index in [1.165, 1.54) is 38.5 Å². The van der Waals surface area contributed by atoms with Crippen LogP contribution in [0.25, 0.3) is 0 Å². The molecule has 108 valence electrons. The maximum absolute atomic E-state index is 12.5. The lowest BCUT2D eigenvalue weighted by Crippen LogP contribution is -2.43. The van der Waals surface area contributed by atoms with Crippen molar-refractivity contribution >= 4 is 17.5 Å². The van der Waals surface area contributed by atoms with Gasteiger partial charge in [-0.1, -0.05) is 36.6 Å². The van der Waals surface area contributed by atoms with E-state index in [4.69, 9.17) is 11.6 Å². The lowest BCUT2D eigenvalue weighted by Gasteiger charge is -2.41. The Hall–Kier alpha value is -1.02. The molecule has 1 N–H and O–H groups in total. The zero-order valence-corrected chi connectivity index (χ0v) is 12.5. The van der Waals surface area contributed by atoms with Gasteiger partial charge in [-0.15, -0.1) is 0 Å². The number of hydrogen-bond acceptors (Lipinski definition) is 1. The summed E-state index contributed by atoms with van der Waals surface area (Å²) in [4.78, 5) is 12.5. The molecule has 1 amide bonds. The van der Waals surface area contributed by atoms with Crippen LogP contribution in [0.4, 0.5) is 0 Å². The summed E-state index contributed by atoms with van der Waals surface area (Å²) in [6.07, 6.45) is 7.59. The molecule has 2 nitrogen and oxygen atoms in total. The van der Waals surface area contributed by atoms with Gasteiger partial charge in [-0.2, -0.15) is 0 Å². The first-order chi connectivity index (χ1) is 9.74. The van der Waals surface area contributed by atoms with Gasteiger partial charge in [0.2, 0.25) is 5.91 Å². The quantitative estimate of drug-likeness (QED) is 0.866. The molecule has 0 aliphatic heterocycles. The minimum absolute atomic E-state index is 0.268. The maximum Gasteiger partial charge on any atom is 0.223 e. The smallest absolute Gasteiger partial charge is 0.223 e. The second-order valence-corrected chi connectivity index (χ2v) is 6.69. The molecule has 3 rings (SSSR count). The van der Waals surface area contributed by atoms with Gasteiger partial charge in [-0.25, -0.2) is 0 Å². The zero-order chi connectivity index (χ0) is 13.9. The second-order valence-electron chi connectivity index (χ2n) is 6.25. The van der Waals surface area contributed by atoms with Crippen LogP contribution in [0.3, 0.4) is 0 Å². The summed E-state index contributed by atoms with van der Waals surface area (Å²) in [5.41, 5.74) is 1.11. The molecule has 2 fully saturated rings. The van der Waals surface area contributed by atoms with Gasteiger partial charge in [0.25, 0.3) is 0 Å². The van der Waals surface area contributed by atoms with Crippen LogP contribution in [-0.4, -0.2) is 5.91 Å².